The van der Waals surface area contributed by atoms with Crippen LogP contribution in [0.5, 0.6) is 0 Å². The second-order valence-electron chi connectivity index (χ2n) is 13.5. The summed E-state index contributed by atoms with van der Waals surface area (Å²) in [4.78, 5) is 5.50. The van der Waals surface area contributed by atoms with E-state index in [1.807, 2.05) is 0 Å². The zero-order chi connectivity index (χ0) is 31.0. The van der Waals surface area contributed by atoms with Crippen LogP contribution in [-0.4, -0.2) is 49.1 Å². The fourth-order valence-electron chi connectivity index (χ4n) is 7.64. The first kappa shape index (κ1) is 32.2. The van der Waals surface area contributed by atoms with Gasteiger partial charge in [0.2, 0.25) is 0 Å². The van der Waals surface area contributed by atoms with Crippen molar-refractivity contribution >= 4 is 0 Å². The van der Waals surface area contributed by atoms with E-state index in [1.54, 1.807) is 0 Å². The molecule has 44 heavy (non-hydrogen) atoms. The van der Waals surface area contributed by atoms with Crippen molar-refractivity contribution in [1.29, 1.82) is 0 Å². The van der Waals surface area contributed by atoms with E-state index in [1.165, 1.54) is 84.3 Å². The number of piperidine rings is 1. The number of aryl methyl sites for hydroxylation is 3. The average Bonchev–Trinajstić information content (AvgIpc) is 3.05. The molecule has 4 aromatic rings. The van der Waals surface area contributed by atoms with Gasteiger partial charge in [0, 0.05) is 17.4 Å². The number of nitrogens with zero attached hydrogens (tertiary/aromatic N) is 2. The maximum Gasteiger partial charge on any atom is 0.0463 e. The van der Waals surface area contributed by atoms with Gasteiger partial charge in [0.1, 0.15) is 0 Å². The molecule has 4 aromatic carbocycles. The van der Waals surface area contributed by atoms with Gasteiger partial charge in [-0.15, -0.1) is 0 Å². The van der Waals surface area contributed by atoms with Crippen LogP contribution in [0.15, 0.2) is 103 Å². The lowest BCUT2D eigenvalue weighted by Crippen LogP contribution is -2.50. The molecule has 0 atom stereocenters. The average molecular weight is 587 g/mol. The van der Waals surface area contributed by atoms with Gasteiger partial charge in [-0.05, 0) is 108 Å². The minimum Gasteiger partial charge on any atom is -0.303 e. The quantitative estimate of drug-likeness (QED) is 0.144. The molecule has 0 aliphatic carbocycles. The van der Waals surface area contributed by atoms with Crippen LogP contribution in [0.4, 0.5) is 0 Å². The Labute approximate surface area is 268 Å². The Kier molecular flexibility index (Phi) is 10.8. The third kappa shape index (κ3) is 7.19. The molecule has 232 valence electrons. The Morgan fingerprint density at radius 1 is 0.614 bits per heavy atom. The first-order valence-electron chi connectivity index (χ1n) is 17.1. The molecule has 0 bridgehead atoms. The maximum absolute atomic E-state index is 2.76. The minimum absolute atomic E-state index is 0.206. The summed E-state index contributed by atoms with van der Waals surface area (Å²) in [7, 11) is 0. The van der Waals surface area contributed by atoms with Gasteiger partial charge in [-0.2, -0.15) is 0 Å². The van der Waals surface area contributed by atoms with Crippen LogP contribution in [0.3, 0.4) is 0 Å². The molecular formula is C42H54N2. The lowest BCUT2D eigenvalue weighted by atomic mass is 9.66. The zero-order valence-corrected chi connectivity index (χ0v) is 28.0. The molecule has 0 amide bonds. The molecule has 0 unspecified atom stereocenters. The van der Waals surface area contributed by atoms with E-state index >= 15 is 0 Å². The summed E-state index contributed by atoms with van der Waals surface area (Å²) in [5.41, 5.74) is 9.65. The molecule has 2 heteroatoms. The van der Waals surface area contributed by atoms with Crippen LogP contribution >= 0.6 is 0 Å². The van der Waals surface area contributed by atoms with Crippen molar-refractivity contribution in [2.24, 2.45) is 0 Å². The molecule has 0 spiro atoms. The molecule has 1 heterocycles. The van der Waals surface area contributed by atoms with Crippen LogP contribution in [0, 0.1) is 20.8 Å². The van der Waals surface area contributed by atoms with Gasteiger partial charge >= 0.3 is 0 Å². The van der Waals surface area contributed by atoms with E-state index in [2.05, 4.69) is 148 Å². The smallest absolute Gasteiger partial charge is 0.0463 e. The molecule has 1 fully saturated rings. The number of rotatable bonds is 13. The molecule has 1 aliphatic rings. The fourth-order valence-corrected chi connectivity index (χ4v) is 7.64. The van der Waals surface area contributed by atoms with E-state index < -0.39 is 0 Å². The summed E-state index contributed by atoms with van der Waals surface area (Å²) in [6, 6.07) is 39.4. The Bertz CT molecular complexity index is 1300. The molecule has 0 N–H and O–H groups in total. The lowest BCUT2D eigenvalue weighted by Gasteiger charge is -2.46. The van der Waals surface area contributed by atoms with E-state index in [9.17, 15) is 0 Å². The van der Waals surface area contributed by atoms with Gasteiger partial charge in [0.15, 0.2) is 0 Å². The summed E-state index contributed by atoms with van der Waals surface area (Å²) in [5, 5.41) is 0. The van der Waals surface area contributed by atoms with Crippen molar-refractivity contribution in [2.75, 3.05) is 39.3 Å². The van der Waals surface area contributed by atoms with Gasteiger partial charge < -0.3 is 9.80 Å². The number of hydrogen-bond acceptors (Lipinski definition) is 2. The number of likely N-dealkylation sites (tertiary alicyclic amines) is 1. The molecular weight excluding hydrogens is 532 g/mol. The Hall–Kier alpha value is -3.20. The normalized spacial score (nSPS) is 15.5. The second-order valence-corrected chi connectivity index (χ2v) is 13.5. The van der Waals surface area contributed by atoms with Crippen molar-refractivity contribution < 1.29 is 0 Å². The fraction of sp³-hybridized carbons (Fsp3) is 0.429. The predicted octanol–water partition coefficient (Wildman–Crippen LogP) is 9.49. The summed E-state index contributed by atoms with van der Waals surface area (Å²) < 4.78 is 0. The minimum atomic E-state index is -0.206. The summed E-state index contributed by atoms with van der Waals surface area (Å²) >= 11 is 0. The van der Waals surface area contributed by atoms with Crippen LogP contribution in [0.25, 0.3) is 0 Å². The van der Waals surface area contributed by atoms with E-state index in [4.69, 9.17) is 0 Å². The van der Waals surface area contributed by atoms with Crippen molar-refractivity contribution in [3.8, 4) is 0 Å². The predicted molar refractivity (Wildman–Crippen MR) is 189 cm³/mol. The number of hydrogen-bond donors (Lipinski definition) is 0. The zero-order valence-electron chi connectivity index (χ0n) is 28.0. The molecule has 2 nitrogen and oxygen atoms in total. The van der Waals surface area contributed by atoms with Crippen molar-refractivity contribution in [2.45, 2.75) is 77.6 Å². The molecule has 1 aliphatic heterocycles. The van der Waals surface area contributed by atoms with Crippen LogP contribution < -0.4 is 0 Å². The van der Waals surface area contributed by atoms with E-state index in [-0.39, 0.29) is 10.8 Å². The summed E-state index contributed by atoms with van der Waals surface area (Å²) in [6.45, 7) is 18.1. The van der Waals surface area contributed by atoms with Crippen molar-refractivity contribution in [1.82, 2.24) is 9.80 Å². The highest BCUT2D eigenvalue weighted by atomic mass is 15.2. The van der Waals surface area contributed by atoms with Crippen molar-refractivity contribution in [3.63, 3.8) is 0 Å². The van der Waals surface area contributed by atoms with Gasteiger partial charge in [0.05, 0.1) is 0 Å². The Morgan fingerprint density at radius 3 is 1.45 bits per heavy atom. The first-order valence-corrected chi connectivity index (χ1v) is 17.1. The second kappa shape index (κ2) is 14.7. The van der Waals surface area contributed by atoms with E-state index in [0.29, 0.717) is 0 Å². The molecule has 1 saturated heterocycles. The standard InChI is InChI=1S/C42H54N2/c1-6-28-44(29-7-2)33-41(37-11-9-8-10-12-37)25-30-43(31-26-41)32-27-42(38-19-13-34(3)14-20-38,39-21-15-35(4)16-22-39)40-23-17-36(5)18-24-40/h8-24H,6-7,25-33H2,1-5H3. The molecule has 5 rings (SSSR count). The van der Waals surface area contributed by atoms with Crippen molar-refractivity contribution in [3.05, 3.63) is 142 Å². The Morgan fingerprint density at radius 2 is 1.05 bits per heavy atom. The summed E-state index contributed by atoms with van der Waals surface area (Å²) in [6.07, 6.45) is 5.92. The van der Waals surface area contributed by atoms with Crippen LogP contribution in [0.1, 0.15) is 84.9 Å². The highest BCUT2D eigenvalue weighted by molar-refractivity contribution is 5.51. The highest BCUT2D eigenvalue weighted by Gasteiger charge is 2.40. The molecule has 0 radical (unpaired) electrons. The van der Waals surface area contributed by atoms with E-state index in [0.717, 1.165) is 26.1 Å². The molecule has 0 aromatic heterocycles. The summed E-state index contributed by atoms with van der Waals surface area (Å²) in [5.74, 6) is 0. The number of benzene rings is 4. The highest BCUT2D eigenvalue weighted by Crippen LogP contribution is 2.44. The largest absolute Gasteiger partial charge is 0.303 e. The maximum atomic E-state index is 2.76. The lowest BCUT2D eigenvalue weighted by molar-refractivity contribution is 0.111. The Balaban J connectivity index is 1.45. The first-order chi connectivity index (χ1) is 21.4. The third-order valence-corrected chi connectivity index (χ3v) is 10.2. The topological polar surface area (TPSA) is 6.48 Å². The monoisotopic (exact) mass is 586 g/mol. The van der Waals surface area contributed by atoms with Crippen LogP contribution in [-0.2, 0) is 10.8 Å². The van der Waals surface area contributed by atoms with Gasteiger partial charge in [-0.25, -0.2) is 0 Å². The van der Waals surface area contributed by atoms with Crippen LogP contribution in [0.2, 0.25) is 0 Å². The van der Waals surface area contributed by atoms with Gasteiger partial charge in [-0.1, -0.05) is 134 Å². The van der Waals surface area contributed by atoms with Gasteiger partial charge in [0.25, 0.3) is 0 Å². The molecule has 0 saturated carbocycles. The van der Waals surface area contributed by atoms with Gasteiger partial charge in [-0.3, -0.25) is 0 Å². The third-order valence-electron chi connectivity index (χ3n) is 10.2. The SMILES string of the molecule is CCCN(CCC)CC1(c2ccccc2)CCN(CCC(c2ccc(C)cc2)(c2ccc(C)cc2)c2ccc(C)cc2)CC1.